The van der Waals surface area contributed by atoms with Crippen LogP contribution < -0.4 is 15.3 Å². The van der Waals surface area contributed by atoms with Crippen LogP contribution in [0.4, 0.5) is 0 Å². The summed E-state index contributed by atoms with van der Waals surface area (Å²) >= 11 is 0. The van der Waals surface area contributed by atoms with Gasteiger partial charge in [0, 0.05) is 0 Å². The van der Waals surface area contributed by atoms with Crippen LogP contribution in [0.5, 0.6) is 0 Å². The van der Waals surface area contributed by atoms with Gasteiger partial charge >= 0.3 is 21.7 Å². The molecule has 1 aliphatic rings. The van der Waals surface area contributed by atoms with Crippen molar-refractivity contribution in [2.24, 2.45) is 5.92 Å². The van der Waals surface area contributed by atoms with Crippen LogP contribution in [0.15, 0.2) is 108 Å². The number of carbonyl (C=O) groups is 3. The van der Waals surface area contributed by atoms with E-state index >= 15 is 0 Å². The van der Waals surface area contributed by atoms with Gasteiger partial charge in [0.25, 0.3) is 0 Å². The summed E-state index contributed by atoms with van der Waals surface area (Å²) in [6.07, 6.45) is 3.36. The summed E-state index contributed by atoms with van der Waals surface area (Å²) in [5, 5.41) is 30.3. The number of aromatic carboxylic acids is 3. The van der Waals surface area contributed by atoms with Crippen LogP contribution >= 0.6 is 0 Å². The van der Waals surface area contributed by atoms with Crippen molar-refractivity contribution >= 4 is 17.9 Å². The number of carbonyl (C=O) groups excluding carboxylic acids is 3. The van der Waals surface area contributed by atoms with Crippen molar-refractivity contribution in [2.75, 3.05) is 0 Å². The third kappa shape index (κ3) is 12.7. The molecule has 4 rings (SSSR count). The third-order valence-corrected chi connectivity index (χ3v) is 5.27. The van der Waals surface area contributed by atoms with Crippen LogP contribution in [-0.2, 0) is 21.7 Å². The molecule has 1 unspecified atom stereocenters. The normalized spacial score (nSPS) is 13.1. The Balaban J connectivity index is 0.000000463. The van der Waals surface area contributed by atoms with Gasteiger partial charge in [0.2, 0.25) is 0 Å². The third-order valence-electron chi connectivity index (χ3n) is 5.27. The molecular formula is C30H28O6Ti. The van der Waals surface area contributed by atoms with Crippen LogP contribution in [-0.4, -0.2) is 17.9 Å². The molecule has 0 heterocycles. The van der Waals surface area contributed by atoms with E-state index in [9.17, 15) is 29.7 Å². The Hall–Kier alpha value is -3.74. The zero-order valence-corrected chi connectivity index (χ0v) is 22.7. The van der Waals surface area contributed by atoms with E-state index in [-0.39, 0.29) is 38.4 Å². The van der Waals surface area contributed by atoms with Gasteiger partial charge in [0.15, 0.2) is 0 Å². The van der Waals surface area contributed by atoms with Gasteiger partial charge in [-0.15, -0.1) is 6.92 Å². The molecule has 0 saturated carbocycles. The van der Waals surface area contributed by atoms with E-state index in [0.29, 0.717) is 5.92 Å². The van der Waals surface area contributed by atoms with E-state index in [2.05, 4.69) is 33.8 Å². The van der Waals surface area contributed by atoms with E-state index in [1.165, 1.54) is 53.1 Å². The number of allylic oxidation sites excluding steroid dienone is 4. The zero-order chi connectivity index (χ0) is 27.1. The fraction of sp³-hybridized carbons (Fsp3) is 0.167. The number of carboxylic acids is 3. The van der Waals surface area contributed by atoms with Crippen molar-refractivity contribution in [1.82, 2.24) is 0 Å². The first-order valence-electron chi connectivity index (χ1n) is 11.1. The molecule has 1 aliphatic carbocycles. The molecule has 37 heavy (non-hydrogen) atoms. The van der Waals surface area contributed by atoms with Gasteiger partial charge in [-0.25, -0.2) is 5.57 Å². The van der Waals surface area contributed by atoms with E-state index in [0.717, 1.165) is 0 Å². The molecule has 1 atom stereocenters. The van der Waals surface area contributed by atoms with Crippen LogP contribution in [0, 0.1) is 12.0 Å². The van der Waals surface area contributed by atoms with Gasteiger partial charge in [-0.1, -0.05) is 118 Å². The second-order valence-corrected chi connectivity index (χ2v) is 7.76. The first-order valence-corrected chi connectivity index (χ1v) is 11.1. The number of hydrogen-bond acceptors (Lipinski definition) is 6. The molecule has 0 spiro atoms. The quantitative estimate of drug-likeness (QED) is 0.378. The Morgan fingerprint density at radius 1 is 0.595 bits per heavy atom. The molecule has 0 aliphatic heterocycles. The standard InChI is InChI=1S/C9H13.3C7H6O2.Ti/c1-6-5-7(2)9(4)8(6)3;3*8-7(9)6-4-2-1-3-5-6;/h6H,1-4H3;3*1-5H,(H,8,9);/q-1;;;;+4/p-3. The zero-order valence-electron chi connectivity index (χ0n) is 21.2. The Labute approximate surface area is 232 Å². The summed E-state index contributed by atoms with van der Waals surface area (Å²) in [5.41, 5.74) is 4.91. The van der Waals surface area contributed by atoms with Gasteiger partial charge in [-0.05, 0) is 16.7 Å². The summed E-state index contributed by atoms with van der Waals surface area (Å²) in [7, 11) is 0. The molecule has 0 aromatic heterocycles. The molecule has 0 saturated heterocycles. The molecule has 0 amide bonds. The number of carboxylic acid groups (broad SMARTS) is 3. The van der Waals surface area contributed by atoms with Crippen molar-refractivity contribution in [1.29, 1.82) is 0 Å². The molecule has 6 nitrogen and oxygen atoms in total. The van der Waals surface area contributed by atoms with Crippen LogP contribution in [0.3, 0.4) is 0 Å². The van der Waals surface area contributed by atoms with Gasteiger partial charge in [0.1, 0.15) is 0 Å². The smallest absolute Gasteiger partial charge is 0.545 e. The number of benzene rings is 3. The fourth-order valence-electron chi connectivity index (χ4n) is 2.88. The number of rotatable bonds is 3. The van der Waals surface area contributed by atoms with E-state index in [4.69, 9.17) is 0 Å². The minimum Gasteiger partial charge on any atom is -0.545 e. The van der Waals surface area contributed by atoms with E-state index in [1.807, 2.05) is 0 Å². The topological polar surface area (TPSA) is 120 Å². The van der Waals surface area contributed by atoms with Crippen molar-refractivity contribution in [3.63, 3.8) is 0 Å². The molecule has 3 aromatic carbocycles. The summed E-state index contributed by atoms with van der Waals surface area (Å²) < 4.78 is 0. The molecule has 0 fully saturated rings. The molecule has 0 N–H and O–H groups in total. The second-order valence-electron chi connectivity index (χ2n) is 7.76. The van der Waals surface area contributed by atoms with Crippen molar-refractivity contribution in [3.8, 4) is 0 Å². The average Bonchev–Trinajstić information content (AvgIpc) is 3.11. The monoisotopic (exact) mass is 532 g/mol. The maximum atomic E-state index is 10.1. The van der Waals surface area contributed by atoms with Gasteiger partial charge in [0.05, 0.1) is 17.9 Å². The SMILES string of the molecule is CC1=[C-]C(C)C(C)=C1C.O=C([O-])c1ccccc1.O=C([O-])c1ccccc1.O=C([O-])c1ccccc1.[Ti+4]. The first-order chi connectivity index (χ1) is 17.0. The predicted octanol–water partition coefficient (Wildman–Crippen LogP) is 2.87. The van der Waals surface area contributed by atoms with E-state index < -0.39 is 17.9 Å². The van der Waals surface area contributed by atoms with Crippen LogP contribution in [0.2, 0.25) is 0 Å². The molecule has 7 heteroatoms. The molecule has 188 valence electrons. The van der Waals surface area contributed by atoms with Crippen LogP contribution in [0.1, 0.15) is 58.8 Å². The summed E-state index contributed by atoms with van der Waals surface area (Å²) in [6.45, 7) is 8.67. The molecule has 0 radical (unpaired) electrons. The Morgan fingerprint density at radius 2 is 0.865 bits per heavy atom. The second kappa shape index (κ2) is 17.7. The van der Waals surface area contributed by atoms with Crippen molar-refractivity contribution < 1.29 is 51.4 Å². The minimum absolute atomic E-state index is 0. The molecule has 0 bridgehead atoms. The minimum atomic E-state index is -1.13. The maximum Gasteiger partial charge on any atom is 4.00 e. The fourth-order valence-corrected chi connectivity index (χ4v) is 2.88. The largest absolute Gasteiger partial charge is 4.00 e. The first kappa shape index (κ1) is 33.3. The Kier molecular flexibility index (Phi) is 15.9. The molecule has 3 aromatic rings. The van der Waals surface area contributed by atoms with Gasteiger partial charge < -0.3 is 29.7 Å². The number of hydrogen-bond donors (Lipinski definition) is 0. The summed E-state index contributed by atoms with van der Waals surface area (Å²) in [5.74, 6) is -2.83. The summed E-state index contributed by atoms with van der Waals surface area (Å²) in [4.78, 5) is 30.3. The summed E-state index contributed by atoms with van der Waals surface area (Å²) in [6, 6.07) is 24.2. The predicted molar refractivity (Wildman–Crippen MR) is 132 cm³/mol. The maximum absolute atomic E-state index is 10.1. The Bertz CT molecular complexity index is 1070. The molecular weight excluding hydrogens is 504 g/mol. The van der Waals surface area contributed by atoms with Gasteiger partial charge in [-0.3, -0.25) is 6.08 Å². The van der Waals surface area contributed by atoms with Crippen molar-refractivity contribution in [2.45, 2.75) is 27.7 Å². The van der Waals surface area contributed by atoms with Crippen LogP contribution in [0.25, 0.3) is 0 Å². The Morgan fingerprint density at radius 3 is 0.973 bits per heavy atom. The van der Waals surface area contributed by atoms with E-state index in [1.54, 1.807) is 54.6 Å². The van der Waals surface area contributed by atoms with Crippen molar-refractivity contribution in [3.05, 3.63) is 130 Å². The van der Waals surface area contributed by atoms with Gasteiger partial charge in [-0.2, -0.15) is 11.1 Å². The average molecular weight is 532 g/mol.